The summed E-state index contributed by atoms with van der Waals surface area (Å²) in [5.74, 6) is 1.68. The molecule has 1 atom stereocenters. The summed E-state index contributed by atoms with van der Waals surface area (Å²) in [6.45, 7) is 5.94. The van der Waals surface area contributed by atoms with Gasteiger partial charge in [-0.25, -0.2) is 15.0 Å². The van der Waals surface area contributed by atoms with Crippen molar-refractivity contribution in [3.05, 3.63) is 87.3 Å². The number of aliphatic imine (C=N–C) groups is 1. The van der Waals surface area contributed by atoms with E-state index < -0.39 is 0 Å². The van der Waals surface area contributed by atoms with Crippen molar-refractivity contribution in [3.8, 4) is 11.5 Å². The molecule has 0 aromatic carbocycles. The van der Waals surface area contributed by atoms with Crippen LogP contribution in [-0.4, -0.2) is 31.0 Å². The molecule has 5 N–H and O–H groups in total. The summed E-state index contributed by atoms with van der Waals surface area (Å²) < 4.78 is 0.748. The number of nitrogens with two attached hydrogens (primary N) is 1. The summed E-state index contributed by atoms with van der Waals surface area (Å²) in [5.41, 5.74) is 12.8. The summed E-state index contributed by atoms with van der Waals surface area (Å²) in [5, 5.41) is 11.1. The molecule has 8 nitrogen and oxygen atoms in total. The maximum atomic E-state index is 6.33. The second-order valence-electron chi connectivity index (χ2n) is 9.66. The molecular weight excluding hydrogens is 528 g/mol. The highest BCUT2D eigenvalue weighted by Gasteiger charge is 2.26. The fourth-order valence-electron chi connectivity index (χ4n) is 5.16. The minimum atomic E-state index is -0.0632. The van der Waals surface area contributed by atoms with Crippen molar-refractivity contribution in [2.45, 2.75) is 38.6 Å². The fourth-order valence-corrected chi connectivity index (χ4v) is 6.29. The number of rotatable bonds is 7. The first-order chi connectivity index (χ1) is 19.0. The highest BCUT2D eigenvalue weighted by Crippen LogP contribution is 2.36. The molecule has 1 aliphatic heterocycles. The number of nitrogens with zero attached hydrogens (tertiary/aromatic N) is 4. The molecule has 39 heavy (non-hydrogen) atoms. The number of nitrogens with one attached hydrogen (secondary N) is 3. The van der Waals surface area contributed by atoms with Gasteiger partial charge in [0.2, 0.25) is 0 Å². The van der Waals surface area contributed by atoms with Gasteiger partial charge in [0.25, 0.3) is 0 Å². The zero-order valence-corrected chi connectivity index (χ0v) is 23.1. The van der Waals surface area contributed by atoms with Gasteiger partial charge in [-0.2, -0.15) is 5.10 Å². The Morgan fingerprint density at radius 3 is 2.79 bits per heavy atom. The Morgan fingerprint density at radius 1 is 1.21 bits per heavy atom. The zero-order valence-electron chi connectivity index (χ0n) is 21.5. The molecule has 5 heterocycles. The van der Waals surface area contributed by atoms with Crippen molar-refractivity contribution in [1.82, 2.24) is 30.5 Å². The van der Waals surface area contributed by atoms with Crippen LogP contribution in [0.4, 0.5) is 0 Å². The quantitative estimate of drug-likeness (QED) is 0.114. The van der Waals surface area contributed by atoms with E-state index in [1.54, 1.807) is 17.4 Å². The van der Waals surface area contributed by atoms with E-state index in [2.05, 4.69) is 27.1 Å². The second kappa shape index (κ2) is 10.7. The Morgan fingerprint density at radius 2 is 2.05 bits per heavy atom. The van der Waals surface area contributed by atoms with Gasteiger partial charge in [0.15, 0.2) is 11.5 Å². The smallest absolute Gasteiger partial charge is 0.161 e. The topological polar surface area (TPSA) is 121 Å². The number of hydrogen-bond donors (Lipinski definition) is 4. The van der Waals surface area contributed by atoms with E-state index in [1.807, 2.05) is 55.6 Å². The maximum Gasteiger partial charge on any atom is 0.161 e. The van der Waals surface area contributed by atoms with Crippen LogP contribution >= 0.6 is 22.9 Å². The third kappa shape index (κ3) is 4.95. The summed E-state index contributed by atoms with van der Waals surface area (Å²) >= 11 is 7.75. The number of halogens is 1. The molecule has 0 saturated heterocycles. The molecule has 1 fully saturated rings. The molecule has 198 valence electrons. The van der Waals surface area contributed by atoms with E-state index in [0.717, 1.165) is 61.4 Å². The van der Waals surface area contributed by atoms with Crippen molar-refractivity contribution >= 4 is 51.5 Å². The first kappa shape index (κ1) is 25.3. The van der Waals surface area contributed by atoms with E-state index in [-0.39, 0.29) is 6.04 Å². The van der Waals surface area contributed by atoms with Crippen LogP contribution in [0.1, 0.15) is 60.6 Å². The van der Waals surface area contributed by atoms with Crippen LogP contribution in [0.5, 0.6) is 0 Å². The lowest BCUT2D eigenvalue weighted by Gasteiger charge is -2.18. The summed E-state index contributed by atoms with van der Waals surface area (Å²) in [7, 11) is 0. The molecule has 1 saturated carbocycles. The highest BCUT2D eigenvalue weighted by molar-refractivity contribution is 7.16. The largest absolute Gasteiger partial charge is 0.387 e. The average Bonchev–Trinajstić information content (AvgIpc) is 3.76. The lowest BCUT2D eigenvalue weighted by atomic mass is 10.1. The number of imidazole rings is 1. The number of aromatic nitrogens is 5. The standard InChI is InChI=1S/C29H29ClN8S/c1-3-16(15-18(4-2)33-28(31)17-7-5-6-8-17)19-9-10-21-25(34-19)27(38-37-21)29-35-20-13-14-32-26(24(20)36-29)22-11-12-23(30)39-22/h3-4,9-15,17,26,32H,2,5-8H2,1H3,(H2,31,33)(H,35,36)(H,37,38)/b16-3+,18-15+. The van der Waals surface area contributed by atoms with Gasteiger partial charge < -0.3 is 16.0 Å². The van der Waals surface area contributed by atoms with Crippen molar-refractivity contribution in [3.63, 3.8) is 0 Å². The van der Waals surface area contributed by atoms with E-state index in [4.69, 9.17) is 32.3 Å². The fraction of sp³-hybridized carbons (Fsp3) is 0.241. The van der Waals surface area contributed by atoms with Gasteiger partial charge in [-0.3, -0.25) is 5.10 Å². The molecule has 0 radical (unpaired) electrons. The lowest BCUT2D eigenvalue weighted by molar-refractivity contribution is 0.713. The average molecular weight is 557 g/mol. The normalized spacial score (nSPS) is 18.5. The molecule has 2 aliphatic rings. The molecule has 4 aromatic rings. The van der Waals surface area contributed by atoms with Crippen LogP contribution in [-0.2, 0) is 0 Å². The SMILES string of the molecule is C=C/C(=C\C(=C/C)c1ccc2[nH]nc(-c3nc4c([nH]3)C(c3ccc(Cl)s3)NC=C4)c2n1)N=C(N)C1CCCC1. The molecule has 1 unspecified atom stereocenters. The number of aromatic amines is 2. The van der Waals surface area contributed by atoms with Gasteiger partial charge in [0, 0.05) is 10.8 Å². The minimum absolute atomic E-state index is 0.0632. The first-order valence-electron chi connectivity index (χ1n) is 13.0. The van der Waals surface area contributed by atoms with Gasteiger partial charge in [0.05, 0.1) is 32.6 Å². The molecule has 0 bridgehead atoms. The molecular formula is C29H29ClN8S. The molecule has 0 amide bonds. The van der Waals surface area contributed by atoms with Crippen LogP contribution in [0.15, 0.2) is 66.0 Å². The van der Waals surface area contributed by atoms with Gasteiger partial charge in [-0.1, -0.05) is 37.1 Å². The Kier molecular flexibility index (Phi) is 6.93. The van der Waals surface area contributed by atoms with Crippen LogP contribution < -0.4 is 11.1 Å². The Labute approximate surface area is 235 Å². The number of H-pyrrole nitrogens is 2. The lowest BCUT2D eigenvalue weighted by Crippen LogP contribution is -2.21. The van der Waals surface area contributed by atoms with Gasteiger partial charge in [-0.15, -0.1) is 11.3 Å². The second-order valence-corrected chi connectivity index (χ2v) is 11.4. The van der Waals surface area contributed by atoms with E-state index in [9.17, 15) is 0 Å². The summed E-state index contributed by atoms with van der Waals surface area (Å²) in [4.78, 5) is 19.1. The van der Waals surface area contributed by atoms with Crippen molar-refractivity contribution in [1.29, 1.82) is 0 Å². The van der Waals surface area contributed by atoms with E-state index in [1.165, 1.54) is 12.8 Å². The van der Waals surface area contributed by atoms with Crippen LogP contribution in [0, 0.1) is 5.92 Å². The van der Waals surface area contributed by atoms with Gasteiger partial charge >= 0.3 is 0 Å². The summed E-state index contributed by atoms with van der Waals surface area (Å²) in [6.07, 6.45) is 14.2. The predicted molar refractivity (Wildman–Crippen MR) is 160 cm³/mol. The van der Waals surface area contributed by atoms with Crippen molar-refractivity contribution < 1.29 is 0 Å². The number of pyridine rings is 1. The molecule has 0 spiro atoms. The Balaban J connectivity index is 1.34. The number of allylic oxidation sites excluding steroid dienone is 4. The van der Waals surface area contributed by atoms with E-state index in [0.29, 0.717) is 23.3 Å². The summed E-state index contributed by atoms with van der Waals surface area (Å²) in [6, 6.07) is 7.82. The molecule has 1 aliphatic carbocycles. The Bertz CT molecular complexity index is 1660. The number of amidine groups is 1. The number of hydrogen-bond acceptors (Lipinski definition) is 6. The number of thiophene rings is 1. The van der Waals surface area contributed by atoms with Crippen molar-refractivity contribution in [2.24, 2.45) is 16.6 Å². The van der Waals surface area contributed by atoms with Crippen LogP contribution in [0.25, 0.3) is 34.2 Å². The highest BCUT2D eigenvalue weighted by atomic mass is 35.5. The van der Waals surface area contributed by atoms with Crippen LogP contribution in [0.3, 0.4) is 0 Å². The van der Waals surface area contributed by atoms with Gasteiger partial charge in [-0.05, 0) is 74.0 Å². The zero-order chi connectivity index (χ0) is 26.9. The Hall–Kier alpha value is -3.95. The van der Waals surface area contributed by atoms with Gasteiger partial charge in [0.1, 0.15) is 17.4 Å². The predicted octanol–water partition coefficient (Wildman–Crippen LogP) is 6.75. The third-order valence-electron chi connectivity index (χ3n) is 7.22. The molecule has 10 heteroatoms. The first-order valence-corrected chi connectivity index (χ1v) is 14.2. The number of fused-ring (bicyclic) bond motifs is 2. The molecule has 6 rings (SSSR count). The third-order valence-corrected chi connectivity index (χ3v) is 8.51. The van der Waals surface area contributed by atoms with Crippen LogP contribution in [0.2, 0.25) is 4.34 Å². The minimum Gasteiger partial charge on any atom is -0.387 e. The van der Waals surface area contributed by atoms with Crippen molar-refractivity contribution in [2.75, 3.05) is 0 Å². The molecule has 4 aromatic heterocycles. The van der Waals surface area contributed by atoms with E-state index >= 15 is 0 Å². The monoisotopic (exact) mass is 556 g/mol. The maximum absolute atomic E-state index is 6.33.